The molecule has 0 aliphatic heterocycles. The van der Waals surface area contributed by atoms with Crippen LogP contribution in [0.3, 0.4) is 0 Å². The summed E-state index contributed by atoms with van der Waals surface area (Å²) in [6.45, 7) is 6.80. The van der Waals surface area contributed by atoms with Crippen LogP contribution >= 0.6 is 11.3 Å². The molecule has 94 valence electrons. The van der Waals surface area contributed by atoms with E-state index in [4.69, 9.17) is 5.11 Å². The van der Waals surface area contributed by atoms with Gasteiger partial charge in [0.05, 0.1) is 4.88 Å². The molecule has 5 heteroatoms. The van der Waals surface area contributed by atoms with Crippen molar-refractivity contribution in [2.45, 2.75) is 27.2 Å². The van der Waals surface area contributed by atoms with Gasteiger partial charge >= 0.3 is 5.97 Å². The molecule has 0 aliphatic carbocycles. The van der Waals surface area contributed by atoms with Gasteiger partial charge < -0.3 is 10.4 Å². The van der Waals surface area contributed by atoms with E-state index in [0.717, 1.165) is 17.8 Å². The lowest BCUT2D eigenvalue weighted by molar-refractivity contribution is 0.0702. The molecule has 0 unspecified atom stereocenters. The number of amides is 1. The number of hydrogen-bond donors (Lipinski definition) is 2. The van der Waals surface area contributed by atoms with Crippen molar-refractivity contribution < 1.29 is 14.7 Å². The molecule has 1 heterocycles. The number of carbonyl (C=O) groups is 2. The van der Waals surface area contributed by atoms with Gasteiger partial charge in [-0.15, -0.1) is 11.3 Å². The molecule has 1 rings (SSSR count). The number of aromatic carboxylic acids is 1. The molecule has 2 N–H and O–H groups in total. The minimum absolute atomic E-state index is 0.0581. The second-order valence-corrected chi connectivity index (χ2v) is 5.75. The topological polar surface area (TPSA) is 66.4 Å². The third kappa shape index (κ3) is 3.85. The molecule has 1 aromatic heterocycles. The van der Waals surface area contributed by atoms with Crippen molar-refractivity contribution >= 4 is 23.2 Å². The van der Waals surface area contributed by atoms with E-state index in [1.807, 2.05) is 0 Å². The van der Waals surface area contributed by atoms with E-state index in [1.165, 1.54) is 6.07 Å². The first-order valence-electron chi connectivity index (χ1n) is 5.47. The lowest BCUT2D eigenvalue weighted by Crippen LogP contribution is -2.33. The second kappa shape index (κ2) is 5.31. The summed E-state index contributed by atoms with van der Waals surface area (Å²) in [5.41, 5.74) is 0.0581. The minimum Gasteiger partial charge on any atom is -0.477 e. The quantitative estimate of drug-likeness (QED) is 0.850. The summed E-state index contributed by atoms with van der Waals surface area (Å²) in [4.78, 5) is 23.1. The average Bonchev–Trinajstić information content (AvgIpc) is 2.75. The lowest BCUT2D eigenvalue weighted by atomic mass is 9.90. The predicted molar refractivity (Wildman–Crippen MR) is 67.7 cm³/mol. The summed E-state index contributed by atoms with van der Waals surface area (Å²) >= 11 is 0.996. The third-order valence-corrected chi connectivity index (χ3v) is 3.80. The molecule has 0 spiro atoms. The zero-order chi connectivity index (χ0) is 13.1. The minimum atomic E-state index is -0.997. The highest BCUT2D eigenvalue weighted by Gasteiger charge is 2.18. The van der Waals surface area contributed by atoms with E-state index in [2.05, 4.69) is 26.1 Å². The first-order chi connectivity index (χ1) is 7.85. The first-order valence-corrected chi connectivity index (χ1v) is 6.29. The summed E-state index contributed by atoms with van der Waals surface area (Å²) in [7, 11) is 0. The van der Waals surface area contributed by atoms with Crippen LogP contribution in [0.4, 0.5) is 0 Å². The van der Waals surface area contributed by atoms with E-state index in [-0.39, 0.29) is 16.2 Å². The zero-order valence-electron chi connectivity index (χ0n) is 10.2. The van der Waals surface area contributed by atoms with Crippen LogP contribution in [0.5, 0.6) is 0 Å². The van der Waals surface area contributed by atoms with Gasteiger partial charge in [-0.05, 0) is 24.0 Å². The van der Waals surface area contributed by atoms with E-state index in [0.29, 0.717) is 11.4 Å². The molecule has 0 aromatic carbocycles. The van der Waals surface area contributed by atoms with Crippen molar-refractivity contribution in [1.82, 2.24) is 5.32 Å². The van der Waals surface area contributed by atoms with Crippen molar-refractivity contribution in [2.24, 2.45) is 5.41 Å². The van der Waals surface area contributed by atoms with Crippen LogP contribution in [0.25, 0.3) is 0 Å². The number of carboxylic acid groups (broad SMARTS) is 1. The van der Waals surface area contributed by atoms with Crippen molar-refractivity contribution in [3.63, 3.8) is 0 Å². The maximum atomic E-state index is 11.7. The summed E-state index contributed by atoms with van der Waals surface area (Å²) in [5.74, 6) is -1.20. The Balaban J connectivity index is 2.61. The van der Waals surface area contributed by atoms with Gasteiger partial charge in [0.15, 0.2) is 0 Å². The van der Waals surface area contributed by atoms with Gasteiger partial charge in [-0.25, -0.2) is 4.79 Å². The number of thiophene rings is 1. The van der Waals surface area contributed by atoms with Crippen molar-refractivity contribution in [2.75, 3.05) is 6.54 Å². The van der Waals surface area contributed by atoms with E-state index in [9.17, 15) is 9.59 Å². The van der Waals surface area contributed by atoms with E-state index >= 15 is 0 Å². The largest absolute Gasteiger partial charge is 0.477 e. The Hall–Kier alpha value is -1.36. The van der Waals surface area contributed by atoms with Crippen molar-refractivity contribution in [3.05, 3.63) is 21.9 Å². The number of carboxylic acids is 1. The Morgan fingerprint density at radius 3 is 2.41 bits per heavy atom. The Morgan fingerprint density at radius 2 is 1.94 bits per heavy atom. The molecular formula is C12H17NO3S. The van der Waals surface area contributed by atoms with Crippen LogP contribution < -0.4 is 5.32 Å². The lowest BCUT2D eigenvalue weighted by Gasteiger charge is -2.22. The molecule has 0 radical (unpaired) electrons. The van der Waals surface area contributed by atoms with E-state index < -0.39 is 5.97 Å². The molecule has 0 aliphatic rings. The number of nitrogens with one attached hydrogen (secondary N) is 1. The standard InChI is InChI=1S/C12H17NO3S/c1-4-12(2,3)7-13-10(14)8-5-6-9(17-8)11(15)16/h5-6H,4,7H2,1-3H3,(H,13,14)(H,15,16). The van der Waals surface area contributed by atoms with Crippen LogP contribution in [0, 0.1) is 5.41 Å². The predicted octanol–water partition coefficient (Wildman–Crippen LogP) is 2.61. The molecule has 0 saturated heterocycles. The highest BCUT2D eigenvalue weighted by atomic mass is 32.1. The van der Waals surface area contributed by atoms with Crippen LogP contribution in [0.15, 0.2) is 12.1 Å². The molecule has 0 bridgehead atoms. The molecule has 17 heavy (non-hydrogen) atoms. The van der Waals surface area contributed by atoms with Gasteiger partial charge in [0.1, 0.15) is 4.88 Å². The van der Waals surface area contributed by atoms with Crippen LogP contribution in [0.2, 0.25) is 0 Å². The Bertz CT molecular complexity index is 423. The van der Waals surface area contributed by atoms with Crippen LogP contribution in [0.1, 0.15) is 46.5 Å². The first kappa shape index (κ1) is 13.7. The van der Waals surface area contributed by atoms with Crippen molar-refractivity contribution in [1.29, 1.82) is 0 Å². The van der Waals surface area contributed by atoms with Crippen LogP contribution in [-0.2, 0) is 0 Å². The second-order valence-electron chi connectivity index (χ2n) is 4.67. The Kier molecular flexibility index (Phi) is 4.28. The Morgan fingerprint density at radius 1 is 1.35 bits per heavy atom. The van der Waals surface area contributed by atoms with Crippen molar-refractivity contribution in [3.8, 4) is 0 Å². The highest BCUT2D eigenvalue weighted by Crippen LogP contribution is 2.19. The molecule has 0 fully saturated rings. The fourth-order valence-corrected chi connectivity index (χ4v) is 1.87. The molecular weight excluding hydrogens is 238 g/mol. The number of carbonyl (C=O) groups excluding carboxylic acids is 1. The normalized spacial score (nSPS) is 11.2. The summed E-state index contributed by atoms with van der Waals surface area (Å²) in [6.07, 6.45) is 0.970. The number of rotatable bonds is 5. The molecule has 1 amide bonds. The van der Waals surface area contributed by atoms with Gasteiger partial charge in [0.25, 0.3) is 5.91 Å². The summed E-state index contributed by atoms with van der Waals surface area (Å²) in [6, 6.07) is 3.00. The van der Waals surface area contributed by atoms with Gasteiger partial charge in [-0.3, -0.25) is 4.79 Å². The maximum Gasteiger partial charge on any atom is 0.345 e. The summed E-state index contributed by atoms with van der Waals surface area (Å²) in [5, 5.41) is 11.6. The SMILES string of the molecule is CCC(C)(C)CNC(=O)c1ccc(C(=O)O)s1. The fraction of sp³-hybridized carbons (Fsp3) is 0.500. The highest BCUT2D eigenvalue weighted by molar-refractivity contribution is 7.15. The van der Waals surface area contributed by atoms with Gasteiger partial charge in [-0.2, -0.15) is 0 Å². The van der Waals surface area contributed by atoms with Crippen LogP contribution in [-0.4, -0.2) is 23.5 Å². The third-order valence-electron chi connectivity index (χ3n) is 2.73. The number of hydrogen-bond acceptors (Lipinski definition) is 3. The molecule has 4 nitrogen and oxygen atoms in total. The van der Waals surface area contributed by atoms with Gasteiger partial charge in [0.2, 0.25) is 0 Å². The molecule has 0 saturated carbocycles. The van der Waals surface area contributed by atoms with Gasteiger partial charge in [0, 0.05) is 6.54 Å². The van der Waals surface area contributed by atoms with E-state index in [1.54, 1.807) is 6.07 Å². The smallest absolute Gasteiger partial charge is 0.345 e. The Labute approximate surface area is 105 Å². The van der Waals surface area contributed by atoms with Gasteiger partial charge in [-0.1, -0.05) is 20.8 Å². The average molecular weight is 255 g/mol. The zero-order valence-corrected chi connectivity index (χ0v) is 11.1. The monoisotopic (exact) mass is 255 g/mol. The molecule has 0 atom stereocenters. The summed E-state index contributed by atoms with van der Waals surface area (Å²) < 4.78 is 0. The molecule has 1 aromatic rings. The maximum absolute atomic E-state index is 11.7. The fourth-order valence-electron chi connectivity index (χ4n) is 1.11.